The van der Waals surface area contributed by atoms with E-state index in [-0.39, 0.29) is 0 Å². The molecule has 0 spiro atoms. The lowest BCUT2D eigenvalue weighted by molar-refractivity contribution is 1.38. The molecule has 0 atom stereocenters. The van der Waals surface area contributed by atoms with Crippen LogP contribution in [0.2, 0.25) is 0 Å². The molecule has 3 aromatic rings. The SMILES string of the molecule is Brc1ccccc1Sc1ccc2ccccc2c1. The van der Waals surface area contributed by atoms with Crippen LogP contribution < -0.4 is 0 Å². The van der Waals surface area contributed by atoms with Crippen LogP contribution in [0.3, 0.4) is 0 Å². The molecule has 0 bridgehead atoms. The van der Waals surface area contributed by atoms with Crippen LogP contribution in [0.5, 0.6) is 0 Å². The normalized spacial score (nSPS) is 10.7. The summed E-state index contributed by atoms with van der Waals surface area (Å²) in [7, 11) is 0. The van der Waals surface area contributed by atoms with Crippen molar-refractivity contribution >= 4 is 38.5 Å². The third kappa shape index (κ3) is 2.45. The highest BCUT2D eigenvalue weighted by molar-refractivity contribution is 9.10. The number of benzene rings is 3. The molecule has 0 heterocycles. The summed E-state index contributed by atoms with van der Waals surface area (Å²) in [6.07, 6.45) is 0. The summed E-state index contributed by atoms with van der Waals surface area (Å²) in [5, 5.41) is 2.57. The zero-order chi connectivity index (χ0) is 12.4. The van der Waals surface area contributed by atoms with Crippen molar-refractivity contribution in [2.45, 2.75) is 9.79 Å². The summed E-state index contributed by atoms with van der Waals surface area (Å²) in [5.74, 6) is 0. The van der Waals surface area contributed by atoms with Crippen molar-refractivity contribution in [1.29, 1.82) is 0 Å². The van der Waals surface area contributed by atoms with Crippen molar-refractivity contribution < 1.29 is 0 Å². The van der Waals surface area contributed by atoms with Gasteiger partial charge in [0.05, 0.1) is 0 Å². The van der Waals surface area contributed by atoms with Gasteiger partial charge in [-0.25, -0.2) is 0 Å². The number of halogens is 1. The van der Waals surface area contributed by atoms with E-state index in [1.54, 1.807) is 11.8 Å². The van der Waals surface area contributed by atoms with Gasteiger partial charge in [-0.2, -0.15) is 0 Å². The Bertz CT molecular complexity index is 691. The first-order chi connectivity index (χ1) is 8.83. The lowest BCUT2D eigenvalue weighted by atomic mass is 10.1. The van der Waals surface area contributed by atoms with Gasteiger partial charge in [-0.3, -0.25) is 0 Å². The Morgan fingerprint density at radius 2 is 1.44 bits per heavy atom. The molecule has 0 unspecified atom stereocenters. The lowest BCUT2D eigenvalue weighted by Gasteiger charge is -2.05. The first kappa shape index (κ1) is 11.8. The van der Waals surface area contributed by atoms with Gasteiger partial charge in [-0.1, -0.05) is 54.2 Å². The smallest absolute Gasteiger partial charge is 0.0314 e. The Hall–Kier alpha value is -1.25. The van der Waals surface area contributed by atoms with Gasteiger partial charge in [0.25, 0.3) is 0 Å². The molecular weight excluding hydrogens is 304 g/mol. The second-order valence-electron chi connectivity index (χ2n) is 4.04. The summed E-state index contributed by atoms with van der Waals surface area (Å²) in [4.78, 5) is 2.51. The number of hydrogen-bond acceptors (Lipinski definition) is 1. The summed E-state index contributed by atoms with van der Waals surface area (Å²) in [6.45, 7) is 0. The Morgan fingerprint density at radius 3 is 2.28 bits per heavy atom. The van der Waals surface area contributed by atoms with E-state index in [1.165, 1.54) is 20.6 Å². The van der Waals surface area contributed by atoms with Crippen molar-refractivity contribution in [2.75, 3.05) is 0 Å². The molecule has 0 N–H and O–H groups in total. The largest absolute Gasteiger partial charge is 0.0889 e. The van der Waals surface area contributed by atoms with Crippen LogP contribution in [0.15, 0.2) is 81.0 Å². The molecule has 3 aromatic carbocycles. The van der Waals surface area contributed by atoms with Crippen molar-refractivity contribution in [1.82, 2.24) is 0 Å². The topological polar surface area (TPSA) is 0 Å². The van der Waals surface area contributed by atoms with Crippen molar-refractivity contribution in [3.8, 4) is 0 Å². The standard InChI is InChI=1S/C16H11BrS/c17-15-7-3-4-8-16(15)18-14-10-9-12-5-1-2-6-13(12)11-14/h1-11H. The predicted molar refractivity (Wildman–Crippen MR) is 82.2 cm³/mol. The van der Waals surface area contributed by atoms with Crippen molar-refractivity contribution in [2.24, 2.45) is 0 Å². The second-order valence-corrected chi connectivity index (χ2v) is 6.01. The maximum Gasteiger partial charge on any atom is 0.0314 e. The molecule has 18 heavy (non-hydrogen) atoms. The van der Waals surface area contributed by atoms with Crippen LogP contribution in [0.25, 0.3) is 10.8 Å². The average molecular weight is 315 g/mol. The van der Waals surface area contributed by atoms with Gasteiger partial charge >= 0.3 is 0 Å². The van der Waals surface area contributed by atoms with Crippen LogP contribution in [0, 0.1) is 0 Å². The van der Waals surface area contributed by atoms with E-state index in [9.17, 15) is 0 Å². The molecule has 0 radical (unpaired) electrons. The van der Waals surface area contributed by atoms with Crippen LogP contribution in [-0.4, -0.2) is 0 Å². The van der Waals surface area contributed by atoms with E-state index in [0.717, 1.165) is 4.47 Å². The van der Waals surface area contributed by atoms with Crippen molar-refractivity contribution in [3.05, 3.63) is 71.2 Å². The number of rotatable bonds is 2. The van der Waals surface area contributed by atoms with Gasteiger partial charge in [0, 0.05) is 14.3 Å². The molecule has 0 saturated heterocycles. The summed E-state index contributed by atoms with van der Waals surface area (Å²) < 4.78 is 1.14. The maximum atomic E-state index is 3.58. The monoisotopic (exact) mass is 314 g/mol. The first-order valence-electron chi connectivity index (χ1n) is 5.74. The molecule has 0 nitrogen and oxygen atoms in total. The Kier molecular flexibility index (Phi) is 3.39. The summed E-state index contributed by atoms with van der Waals surface area (Å²) >= 11 is 5.36. The highest BCUT2D eigenvalue weighted by Crippen LogP contribution is 2.34. The fourth-order valence-electron chi connectivity index (χ4n) is 1.89. The van der Waals surface area contributed by atoms with E-state index >= 15 is 0 Å². The molecule has 0 saturated carbocycles. The van der Waals surface area contributed by atoms with Gasteiger partial charge < -0.3 is 0 Å². The predicted octanol–water partition coefficient (Wildman–Crippen LogP) is 5.75. The van der Waals surface area contributed by atoms with E-state index in [4.69, 9.17) is 0 Å². The molecule has 3 rings (SSSR count). The summed E-state index contributed by atoms with van der Waals surface area (Å²) in [6, 6.07) is 23.3. The summed E-state index contributed by atoms with van der Waals surface area (Å²) in [5.41, 5.74) is 0. The van der Waals surface area contributed by atoms with Gasteiger partial charge in [0.2, 0.25) is 0 Å². The van der Waals surface area contributed by atoms with Crippen LogP contribution in [0.4, 0.5) is 0 Å². The van der Waals surface area contributed by atoms with Crippen molar-refractivity contribution in [3.63, 3.8) is 0 Å². The quantitative estimate of drug-likeness (QED) is 0.580. The molecule has 0 aromatic heterocycles. The fourth-order valence-corrected chi connectivity index (χ4v) is 3.30. The second kappa shape index (κ2) is 5.17. The minimum absolute atomic E-state index is 1.14. The zero-order valence-corrected chi connectivity index (χ0v) is 12.0. The van der Waals surface area contributed by atoms with Crippen LogP contribution >= 0.6 is 27.7 Å². The minimum atomic E-state index is 1.14. The molecule has 0 fully saturated rings. The van der Waals surface area contributed by atoms with Gasteiger partial charge in [-0.05, 0) is 51.0 Å². The average Bonchev–Trinajstić information content (AvgIpc) is 2.41. The van der Waals surface area contributed by atoms with E-state index in [0.29, 0.717) is 0 Å². The molecule has 88 valence electrons. The van der Waals surface area contributed by atoms with Gasteiger partial charge in [-0.15, -0.1) is 0 Å². The van der Waals surface area contributed by atoms with Gasteiger partial charge in [0.1, 0.15) is 0 Å². The van der Waals surface area contributed by atoms with E-state index < -0.39 is 0 Å². The third-order valence-corrected chi connectivity index (χ3v) is 4.80. The van der Waals surface area contributed by atoms with Crippen LogP contribution in [-0.2, 0) is 0 Å². The Morgan fingerprint density at radius 1 is 0.722 bits per heavy atom. The zero-order valence-electron chi connectivity index (χ0n) is 9.64. The minimum Gasteiger partial charge on any atom is -0.0889 e. The number of hydrogen-bond donors (Lipinski definition) is 0. The first-order valence-corrected chi connectivity index (χ1v) is 7.35. The lowest BCUT2D eigenvalue weighted by Crippen LogP contribution is -1.77. The number of fused-ring (bicyclic) bond motifs is 1. The van der Waals surface area contributed by atoms with Gasteiger partial charge in [0.15, 0.2) is 0 Å². The van der Waals surface area contributed by atoms with E-state index in [1.807, 2.05) is 6.07 Å². The highest BCUT2D eigenvalue weighted by atomic mass is 79.9. The Labute approximate surface area is 119 Å². The molecule has 0 amide bonds. The van der Waals surface area contributed by atoms with E-state index in [2.05, 4.69) is 76.6 Å². The fraction of sp³-hybridized carbons (Fsp3) is 0. The molecule has 0 aliphatic carbocycles. The molecule has 0 aliphatic heterocycles. The highest BCUT2D eigenvalue weighted by Gasteiger charge is 2.02. The molecule has 0 aliphatic rings. The molecule has 2 heteroatoms. The Balaban J connectivity index is 1.98. The third-order valence-electron chi connectivity index (χ3n) is 2.79. The molecular formula is C16H11BrS. The van der Waals surface area contributed by atoms with Crippen LogP contribution in [0.1, 0.15) is 0 Å². The maximum absolute atomic E-state index is 3.58.